The molecule has 30 heavy (non-hydrogen) atoms. The number of hydrogen-bond acceptors (Lipinski definition) is 5. The minimum absolute atomic E-state index is 0.0652. The zero-order valence-corrected chi connectivity index (χ0v) is 18.3. The van der Waals surface area contributed by atoms with Crippen molar-refractivity contribution < 1.29 is 9.18 Å². The SMILES string of the molecule is C=CCn1c(SCC(=O)Nc2ccc(C)c(F)c2)nc2sc3c(c2c1=O)CCCC3. The topological polar surface area (TPSA) is 64.0 Å². The van der Waals surface area contributed by atoms with Gasteiger partial charge < -0.3 is 5.32 Å². The molecule has 0 aliphatic heterocycles. The monoisotopic (exact) mass is 443 g/mol. The van der Waals surface area contributed by atoms with E-state index in [0.29, 0.717) is 23.0 Å². The lowest BCUT2D eigenvalue weighted by Crippen LogP contribution is -2.24. The number of carbonyl (C=O) groups is 1. The quantitative estimate of drug-likeness (QED) is 0.341. The van der Waals surface area contributed by atoms with E-state index in [1.165, 1.54) is 22.7 Å². The fraction of sp³-hybridized carbons (Fsp3) is 0.318. The molecule has 2 aromatic heterocycles. The van der Waals surface area contributed by atoms with Gasteiger partial charge in [-0.05, 0) is 55.9 Å². The molecule has 2 heterocycles. The third-order valence-electron chi connectivity index (χ3n) is 5.14. The van der Waals surface area contributed by atoms with Gasteiger partial charge >= 0.3 is 0 Å². The number of nitrogens with zero attached hydrogens (tertiary/aromatic N) is 2. The van der Waals surface area contributed by atoms with Crippen molar-refractivity contribution in [2.24, 2.45) is 0 Å². The van der Waals surface area contributed by atoms with Crippen LogP contribution in [0.4, 0.5) is 10.1 Å². The normalized spacial score (nSPS) is 13.3. The Labute approximate surface area is 182 Å². The molecule has 5 nitrogen and oxygen atoms in total. The second-order valence-corrected chi connectivity index (χ2v) is 9.32. The minimum Gasteiger partial charge on any atom is -0.325 e. The molecule has 156 valence electrons. The number of benzene rings is 1. The summed E-state index contributed by atoms with van der Waals surface area (Å²) in [5.74, 6) is -0.586. The van der Waals surface area contributed by atoms with Crippen molar-refractivity contribution in [3.05, 3.63) is 63.0 Å². The third kappa shape index (κ3) is 4.06. The molecule has 0 fully saturated rings. The van der Waals surface area contributed by atoms with Crippen molar-refractivity contribution in [3.63, 3.8) is 0 Å². The largest absolute Gasteiger partial charge is 0.325 e. The zero-order chi connectivity index (χ0) is 21.3. The number of carbonyl (C=O) groups excluding carboxylic acids is 1. The highest BCUT2D eigenvalue weighted by Crippen LogP contribution is 2.34. The van der Waals surface area contributed by atoms with Crippen LogP contribution in [0.15, 0.2) is 40.8 Å². The number of fused-ring (bicyclic) bond motifs is 3. The number of thioether (sulfide) groups is 1. The van der Waals surface area contributed by atoms with Gasteiger partial charge in [0.25, 0.3) is 5.56 Å². The molecule has 0 radical (unpaired) electrons. The van der Waals surface area contributed by atoms with E-state index in [0.717, 1.165) is 41.5 Å². The molecule has 4 rings (SSSR count). The van der Waals surface area contributed by atoms with Crippen LogP contribution in [0, 0.1) is 12.7 Å². The Morgan fingerprint density at radius 1 is 1.40 bits per heavy atom. The highest BCUT2D eigenvalue weighted by molar-refractivity contribution is 7.99. The van der Waals surface area contributed by atoms with Crippen LogP contribution in [-0.4, -0.2) is 21.2 Å². The van der Waals surface area contributed by atoms with Crippen LogP contribution in [-0.2, 0) is 24.2 Å². The minimum atomic E-state index is -0.367. The van der Waals surface area contributed by atoms with Gasteiger partial charge in [-0.2, -0.15) is 0 Å². The smallest absolute Gasteiger partial charge is 0.263 e. The zero-order valence-electron chi connectivity index (χ0n) is 16.7. The molecule has 1 aliphatic carbocycles. The van der Waals surface area contributed by atoms with Crippen molar-refractivity contribution in [1.82, 2.24) is 9.55 Å². The van der Waals surface area contributed by atoms with Gasteiger partial charge in [-0.1, -0.05) is 23.9 Å². The third-order valence-corrected chi connectivity index (χ3v) is 7.30. The van der Waals surface area contributed by atoms with Crippen LogP contribution in [0.3, 0.4) is 0 Å². The predicted molar refractivity (Wildman–Crippen MR) is 121 cm³/mol. The molecule has 1 aromatic carbocycles. The van der Waals surface area contributed by atoms with E-state index >= 15 is 0 Å². The number of aromatic nitrogens is 2. The van der Waals surface area contributed by atoms with E-state index in [1.807, 2.05) is 0 Å². The van der Waals surface area contributed by atoms with Crippen molar-refractivity contribution >= 4 is 44.9 Å². The molecule has 0 saturated heterocycles. The number of allylic oxidation sites excluding steroid dienone is 1. The van der Waals surface area contributed by atoms with Gasteiger partial charge in [0.05, 0.1) is 11.1 Å². The molecule has 1 amide bonds. The van der Waals surface area contributed by atoms with Gasteiger partial charge in [0.1, 0.15) is 10.6 Å². The highest BCUT2D eigenvalue weighted by Gasteiger charge is 2.22. The Morgan fingerprint density at radius 2 is 2.20 bits per heavy atom. The fourth-order valence-electron chi connectivity index (χ4n) is 3.62. The Morgan fingerprint density at radius 3 is 2.97 bits per heavy atom. The first-order valence-corrected chi connectivity index (χ1v) is 11.6. The van der Waals surface area contributed by atoms with Gasteiger partial charge in [-0.15, -0.1) is 17.9 Å². The Kier molecular flexibility index (Phi) is 6.06. The molecule has 3 aromatic rings. The maximum atomic E-state index is 13.7. The number of hydrogen-bond donors (Lipinski definition) is 1. The lowest BCUT2D eigenvalue weighted by molar-refractivity contribution is -0.113. The van der Waals surface area contributed by atoms with Gasteiger partial charge in [-0.25, -0.2) is 9.37 Å². The summed E-state index contributed by atoms with van der Waals surface area (Å²) in [6.45, 7) is 5.75. The number of nitrogens with one attached hydrogen (secondary N) is 1. The van der Waals surface area contributed by atoms with Crippen molar-refractivity contribution in [3.8, 4) is 0 Å². The van der Waals surface area contributed by atoms with Crippen molar-refractivity contribution in [1.29, 1.82) is 0 Å². The van der Waals surface area contributed by atoms with Crippen LogP contribution in [0.25, 0.3) is 10.2 Å². The number of halogens is 1. The number of anilines is 1. The average Bonchev–Trinajstić information content (AvgIpc) is 3.10. The molecule has 0 unspecified atom stereocenters. The number of rotatable bonds is 6. The summed E-state index contributed by atoms with van der Waals surface area (Å²) in [7, 11) is 0. The fourth-order valence-corrected chi connectivity index (χ4v) is 5.73. The van der Waals surface area contributed by atoms with E-state index < -0.39 is 0 Å². The molecule has 1 N–H and O–H groups in total. The number of amides is 1. The molecule has 0 saturated carbocycles. The summed E-state index contributed by atoms with van der Waals surface area (Å²) in [6.07, 6.45) is 5.81. The first kappa shape index (κ1) is 20.8. The van der Waals surface area contributed by atoms with E-state index in [4.69, 9.17) is 4.98 Å². The predicted octanol–water partition coefficient (Wildman–Crippen LogP) is 4.70. The molecular formula is C22H22FN3O2S2. The summed E-state index contributed by atoms with van der Waals surface area (Å²) in [6, 6.07) is 4.58. The maximum Gasteiger partial charge on any atom is 0.263 e. The van der Waals surface area contributed by atoms with Crippen LogP contribution < -0.4 is 10.9 Å². The maximum absolute atomic E-state index is 13.7. The molecule has 0 bridgehead atoms. The Bertz CT molecular complexity index is 1200. The number of aryl methyl sites for hydroxylation is 3. The number of thiophene rings is 1. The summed E-state index contributed by atoms with van der Waals surface area (Å²) in [5.41, 5.74) is 2.00. The van der Waals surface area contributed by atoms with Crippen LogP contribution >= 0.6 is 23.1 Å². The molecular weight excluding hydrogens is 421 g/mol. The van der Waals surface area contributed by atoms with E-state index in [-0.39, 0.29) is 23.0 Å². The Hall–Kier alpha value is -2.45. The Balaban J connectivity index is 1.59. The average molecular weight is 444 g/mol. The first-order valence-electron chi connectivity index (χ1n) is 9.82. The van der Waals surface area contributed by atoms with E-state index in [2.05, 4.69) is 11.9 Å². The van der Waals surface area contributed by atoms with Crippen LogP contribution in [0.1, 0.15) is 28.8 Å². The molecule has 8 heteroatoms. The van der Waals surface area contributed by atoms with Gasteiger partial charge in [0, 0.05) is 17.1 Å². The second-order valence-electron chi connectivity index (χ2n) is 7.29. The summed E-state index contributed by atoms with van der Waals surface area (Å²) < 4.78 is 15.3. The summed E-state index contributed by atoms with van der Waals surface area (Å²) in [4.78, 5) is 32.3. The van der Waals surface area contributed by atoms with E-state index in [9.17, 15) is 14.0 Å². The summed E-state index contributed by atoms with van der Waals surface area (Å²) >= 11 is 2.79. The second kappa shape index (κ2) is 8.73. The highest BCUT2D eigenvalue weighted by atomic mass is 32.2. The van der Waals surface area contributed by atoms with Crippen LogP contribution in [0.2, 0.25) is 0 Å². The van der Waals surface area contributed by atoms with E-state index in [1.54, 1.807) is 41.0 Å². The van der Waals surface area contributed by atoms with Gasteiger partial charge in [-0.3, -0.25) is 14.2 Å². The lowest BCUT2D eigenvalue weighted by atomic mass is 9.97. The van der Waals surface area contributed by atoms with Gasteiger partial charge in [0.15, 0.2) is 5.16 Å². The van der Waals surface area contributed by atoms with Crippen molar-refractivity contribution in [2.45, 2.75) is 44.3 Å². The molecule has 1 aliphatic rings. The van der Waals surface area contributed by atoms with Crippen molar-refractivity contribution in [2.75, 3.05) is 11.1 Å². The van der Waals surface area contributed by atoms with Crippen LogP contribution in [0.5, 0.6) is 0 Å². The van der Waals surface area contributed by atoms with Gasteiger partial charge in [0.2, 0.25) is 5.91 Å². The summed E-state index contributed by atoms with van der Waals surface area (Å²) in [5, 5.41) is 3.91. The molecule has 0 atom stereocenters. The lowest BCUT2D eigenvalue weighted by Gasteiger charge is -2.12. The standard InChI is InChI=1S/C22H22FN3O2S2/c1-3-10-26-21(28)19-15-6-4-5-7-17(15)30-20(19)25-22(26)29-12-18(27)24-14-9-8-13(2)16(23)11-14/h3,8-9,11H,1,4-7,10,12H2,2H3,(H,24,27). The first-order chi connectivity index (χ1) is 14.5. The molecule has 0 spiro atoms.